The third-order valence-corrected chi connectivity index (χ3v) is 4.12. The van der Waals surface area contributed by atoms with Crippen molar-refractivity contribution in [3.05, 3.63) is 51.4 Å². The molecule has 2 rings (SSSR count). The maximum atomic E-state index is 6.27. The van der Waals surface area contributed by atoms with Gasteiger partial charge in [-0.2, -0.15) is 0 Å². The van der Waals surface area contributed by atoms with Crippen molar-refractivity contribution >= 4 is 11.6 Å². The molecule has 2 aromatic rings. The zero-order chi connectivity index (χ0) is 15.6. The fourth-order valence-electron chi connectivity index (χ4n) is 2.69. The molecule has 0 amide bonds. The normalized spacial score (nSPS) is 12.5. The lowest BCUT2D eigenvalue weighted by Crippen LogP contribution is -2.23. The molecule has 1 aromatic heterocycles. The van der Waals surface area contributed by atoms with Gasteiger partial charge in [-0.25, -0.2) is 0 Å². The highest BCUT2D eigenvalue weighted by Gasteiger charge is 2.22. The summed E-state index contributed by atoms with van der Waals surface area (Å²) in [6, 6.07) is 5.96. The summed E-state index contributed by atoms with van der Waals surface area (Å²) in [5.74, 6) is 2.60. The molecule has 0 aliphatic heterocycles. The van der Waals surface area contributed by atoms with E-state index in [1.54, 1.807) is 7.11 Å². The van der Waals surface area contributed by atoms with Crippen molar-refractivity contribution < 1.29 is 9.15 Å². The van der Waals surface area contributed by atoms with E-state index in [4.69, 9.17) is 20.8 Å². The summed E-state index contributed by atoms with van der Waals surface area (Å²) in [7, 11) is 1.62. The molecular weight excluding hydrogens is 286 g/mol. The highest BCUT2D eigenvalue weighted by atomic mass is 35.5. The van der Waals surface area contributed by atoms with Gasteiger partial charge in [0.1, 0.15) is 17.3 Å². The Labute approximate surface area is 131 Å². The molecule has 0 aliphatic carbocycles. The Morgan fingerprint density at radius 2 is 1.95 bits per heavy atom. The first-order chi connectivity index (χ1) is 9.99. The Hall–Kier alpha value is -1.45. The highest BCUT2D eigenvalue weighted by Crippen LogP contribution is 2.34. The summed E-state index contributed by atoms with van der Waals surface area (Å²) in [5.41, 5.74) is 3.48. The van der Waals surface area contributed by atoms with Crippen LogP contribution in [-0.4, -0.2) is 13.7 Å². The van der Waals surface area contributed by atoms with Gasteiger partial charge < -0.3 is 14.5 Å². The molecule has 0 fully saturated rings. The molecule has 4 heteroatoms. The van der Waals surface area contributed by atoms with Crippen molar-refractivity contribution in [1.29, 1.82) is 0 Å². The first-order valence-electron chi connectivity index (χ1n) is 7.12. The van der Waals surface area contributed by atoms with E-state index in [1.807, 2.05) is 32.0 Å². The fourth-order valence-corrected chi connectivity index (χ4v) is 2.95. The molecule has 21 heavy (non-hydrogen) atoms. The lowest BCUT2D eigenvalue weighted by molar-refractivity contribution is 0.414. The Balaban J connectivity index is 2.50. The van der Waals surface area contributed by atoms with Crippen LogP contribution in [-0.2, 0) is 0 Å². The van der Waals surface area contributed by atoms with Crippen LogP contribution in [0, 0.1) is 20.8 Å². The van der Waals surface area contributed by atoms with Gasteiger partial charge in [0.2, 0.25) is 0 Å². The summed E-state index contributed by atoms with van der Waals surface area (Å²) in [4.78, 5) is 0. The van der Waals surface area contributed by atoms with Gasteiger partial charge in [-0.05, 0) is 50.6 Å². The van der Waals surface area contributed by atoms with E-state index in [9.17, 15) is 0 Å². The van der Waals surface area contributed by atoms with Crippen LogP contribution in [0.2, 0.25) is 5.02 Å². The van der Waals surface area contributed by atoms with Gasteiger partial charge in [0.15, 0.2) is 0 Å². The zero-order valence-corrected chi connectivity index (χ0v) is 14.0. The predicted octanol–water partition coefficient (Wildman–Crippen LogP) is 4.57. The first-order valence-corrected chi connectivity index (χ1v) is 7.50. The number of nitrogens with one attached hydrogen (secondary N) is 1. The van der Waals surface area contributed by atoms with Crippen molar-refractivity contribution in [2.24, 2.45) is 0 Å². The summed E-state index contributed by atoms with van der Waals surface area (Å²) in [6.45, 7) is 9.05. The van der Waals surface area contributed by atoms with Gasteiger partial charge in [-0.15, -0.1) is 0 Å². The lowest BCUT2D eigenvalue weighted by Gasteiger charge is -2.20. The highest BCUT2D eigenvalue weighted by molar-refractivity contribution is 6.32. The molecule has 0 bridgehead atoms. The van der Waals surface area contributed by atoms with Gasteiger partial charge >= 0.3 is 0 Å². The minimum atomic E-state index is 0.0656. The second-order valence-electron chi connectivity index (χ2n) is 5.14. The molecular formula is C17H22ClNO2. The van der Waals surface area contributed by atoms with Crippen LogP contribution in [0.15, 0.2) is 22.6 Å². The van der Waals surface area contributed by atoms with Gasteiger partial charge in [0.05, 0.1) is 18.2 Å². The number of hydrogen-bond donors (Lipinski definition) is 1. The molecule has 3 nitrogen and oxygen atoms in total. The summed E-state index contributed by atoms with van der Waals surface area (Å²) >= 11 is 6.27. The Kier molecular flexibility index (Phi) is 4.96. The number of rotatable bonds is 5. The maximum Gasteiger partial charge on any atom is 0.137 e. The second kappa shape index (κ2) is 6.54. The minimum absolute atomic E-state index is 0.0656. The van der Waals surface area contributed by atoms with Crippen LogP contribution in [0.1, 0.15) is 41.2 Å². The van der Waals surface area contributed by atoms with E-state index in [2.05, 4.69) is 19.2 Å². The number of furan rings is 1. The third-order valence-electron chi connectivity index (χ3n) is 3.82. The molecule has 1 heterocycles. The molecule has 1 N–H and O–H groups in total. The van der Waals surface area contributed by atoms with E-state index >= 15 is 0 Å². The van der Waals surface area contributed by atoms with E-state index < -0.39 is 0 Å². The molecule has 0 spiro atoms. The molecule has 0 saturated heterocycles. The molecule has 0 saturated carbocycles. The zero-order valence-electron chi connectivity index (χ0n) is 13.2. The molecule has 0 radical (unpaired) electrons. The fraction of sp³-hybridized carbons (Fsp3) is 0.412. The number of benzene rings is 1. The van der Waals surface area contributed by atoms with Crippen molar-refractivity contribution in [2.75, 3.05) is 13.7 Å². The molecule has 114 valence electrons. The standard InChI is InChI=1S/C17H22ClNO2/c1-6-19-17(16-10(2)11(3)21-12(16)4)13-7-8-15(20-5)14(18)9-13/h7-9,17,19H,6H2,1-5H3. The van der Waals surface area contributed by atoms with Crippen LogP contribution in [0.25, 0.3) is 0 Å². The van der Waals surface area contributed by atoms with Crippen molar-refractivity contribution in [3.63, 3.8) is 0 Å². The Morgan fingerprint density at radius 3 is 2.43 bits per heavy atom. The molecule has 1 aromatic carbocycles. The molecule has 1 unspecified atom stereocenters. The maximum absolute atomic E-state index is 6.27. The quantitative estimate of drug-likeness (QED) is 0.879. The summed E-state index contributed by atoms with van der Waals surface area (Å²) in [6.07, 6.45) is 0. The average Bonchev–Trinajstić information content (AvgIpc) is 2.70. The van der Waals surface area contributed by atoms with Crippen LogP contribution in [0.5, 0.6) is 5.75 Å². The number of ether oxygens (including phenoxy) is 1. The number of methoxy groups -OCH3 is 1. The Bertz CT molecular complexity index is 634. The largest absolute Gasteiger partial charge is 0.495 e. The topological polar surface area (TPSA) is 34.4 Å². The van der Waals surface area contributed by atoms with Gasteiger partial charge in [-0.3, -0.25) is 0 Å². The van der Waals surface area contributed by atoms with E-state index in [0.717, 1.165) is 23.6 Å². The van der Waals surface area contributed by atoms with Gasteiger partial charge in [0, 0.05) is 5.56 Å². The number of halogens is 1. The number of aryl methyl sites for hydroxylation is 2. The Morgan fingerprint density at radius 1 is 1.24 bits per heavy atom. The SMILES string of the molecule is CCNC(c1ccc(OC)c(Cl)c1)c1c(C)oc(C)c1C. The third kappa shape index (κ3) is 3.09. The number of hydrogen-bond acceptors (Lipinski definition) is 3. The van der Waals surface area contributed by atoms with Crippen molar-refractivity contribution in [1.82, 2.24) is 5.32 Å². The van der Waals surface area contributed by atoms with Crippen LogP contribution < -0.4 is 10.1 Å². The first kappa shape index (κ1) is 15.9. The summed E-state index contributed by atoms with van der Waals surface area (Å²) in [5, 5.41) is 4.13. The predicted molar refractivity (Wildman–Crippen MR) is 86.4 cm³/mol. The smallest absolute Gasteiger partial charge is 0.137 e. The van der Waals surface area contributed by atoms with Crippen molar-refractivity contribution in [3.8, 4) is 5.75 Å². The molecule has 1 atom stereocenters. The summed E-state index contributed by atoms with van der Waals surface area (Å²) < 4.78 is 11.0. The monoisotopic (exact) mass is 307 g/mol. The van der Waals surface area contributed by atoms with Crippen LogP contribution in [0.4, 0.5) is 0 Å². The van der Waals surface area contributed by atoms with Gasteiger partial charge in [0.25, 0.3) is 0 Å². The average molecular weight is 308 g/mol. The molecule has 0 aliphatic rings. The van der Waals surface area contributed by atoms with Gasteiger partial charge in [-0.1, -0.05) is 24.6 Å². The minimum Gasteiger partial charge on any atom is -0.495 e. The van der Waals surface area contributed by atoms with E-state index in [-0.39, 0.29) is 6.04 Å². The van der Waals surface area contributed by atoms with Crippen LogP contribution in [0.3, 0.4) is 0 Å². The lowest BCUT2D eigenvalue weighted by atomic mass is 9.95. The second-order valence-corrected chi connectivity index (χ2v) is 5.54. The van der Waals surface area contributed by atoms with Crippen molar-refractivity contribution in [2.45, 2.75) is 33.7 Å². The van der Waals surface area contributed by atoms with E-state index in [0.29, 0.717) is 10.8 Å². The van der Waals surface area contributed by atoms with Crippen LogP contribution >= 0.6 is 11.6 Å². The van der Waals surface area contributed by atoms with E-state index in [1.165, 1.54) is 11.1 Å².